The van der Waals surface area contributed by atoms with Crippen LogP contribution in [0.1, 0.15) is 83.5 Å². The highest BCUT2D eigenvalue weighted by atomic mass is 19.1. The van der Waals surface area contributed by atoms with Gasteiger partial charge in [0.1, 0.15) is 35.7 Å². The lowest BCUT2D eigenvalue weighted by atomic mass is 9.55. The average molecular weight is 1010 g/mol. The highest BCUT2D eigenvalue weighted by Gasteiger charge is 2.65. The molecule has 9 rings (SSSR count). The first kappa shape index (κ1) is 51.9. The van der Waals surface area contributed by atoms with E-state index in [1.54, 1.807) is 59.5 Å². The predicted molar refractivity (Wildman–Crippen MR) is 282 cm³/mol. The quantitative estimate of drug-likeness (QED) is 0.0288. The van der Waals surface area contributed by atoms with Crippen LogP contribution in [0.4, 0.5) is 10.1 Å². The number of carbonyl (C=O) groups is 1. The molecule has 13 nitrogen and oxygen atoms in total. The molecule has 2 N–H and O–H groups in total. The molecule has 0 radical (unpaired) electrons. The van der Waals surface area contributed by atoms with E-state index in [9.17, 15) is 30.0 Å². The van der Waals surface area contributed by atoms with Gasteiger partial charge < -0.3 is 34.2 Å². The number of nitrogens with zero attached hydrogens (tertiary/aromatic N) is 4. The number of hydrogen-bond donors (Lipinski definition) is 2. The SMILES string of the molecule is C=CCO[C@@]12Oc3ccc(Oc4ccc(-c5ccccc5)cc4)cc3[C@H]3[C@H](CCCCO)[C@@H](CCCCO)C=C(C(=NOCc4ccc([N+](=O)[O-])cc4)C[C@@H]1N(Cc1ccc(F)cc1)C(=O)c1ccc(C#N)cc1)[C@H]32. The van der Waals surface area contributed by atoms with Gasteiger partial charge in [0.15, 0.2) is 0 Å². The molecule has 1 amide bonds. The van der Waals surface area contributed by atoms with Crippen LogP contribution in [0.2, 0.25) is 0 Å². The number of allylic oxidation sites excluding steroid dienone is 1. The zero-order valence-corrected chi connectivity index (χ0v) is 41.5. The molecule has 0 unspecified atom stereocenters. The Morgan fingerprint density at radius 1 is 0.867 bits per heavy atom. The second-order valence-electron chi connectivity index (χ2n) is 19.2. The van der Waals surface area contributed by atoms with Gasteiger partial charge in [-0.1, -0.05) is 84.7 Å². The number of amides is 1. The molecule has 3 aliphatic rings. The van der Waals surface area contributed by atoms with E-state index >= 15 is 4.79 Å². The molecule has 1 aliphatic heterocycles. The van der Waals surface area contributed by atoms with Gasteiger partial charge in [0.05, 0.1) is 34.8 Å². The number of halogens is 1. The van der Waals surface area contributed by atoms with Gasteiger partial charge in [-0.3, -0.25) is 14.9 Å². The molecular weight excluding hydrogens is 952 g/mol. The molecule has 6 aromatic rings. The molecule has 1 heterocycles. The topological polar surface area (TPSA) is 177 Å². The number of fused-ring (bicyclic) bond motifs is 2. The summed E-state index contributed by atoms with van der Waals surface area (Å²) in [6.45, 7) is 4.10. The van der Waals surface area contributed by atoms with Crippen molar-refractivity contribution in [2.75, 3.05) is 19.8 Å². The number of nitriles is 1. The monoisotopic (exact) mass is 1010 g/mol. The second kappa shape index (κ2) is 23.9. The lowest BCUT2D eigenvalue weighted by molar-refractivity contribution is -0.384. The lowest BCUT2D eigenvalue weighted by Crippen LogP contribution is -2.70. The van der Waals surface area contributed by atoms with Gasteiger partial charge in [0.25, 0.3) is 11.6 Å². The molecule has 0 aromatic heterocycles. The highest BCUT2D eigenvalue weighted by molar-refractivity contribution is 6.03. The summed E-state index contributed by atoms with van der Waals surface area (Å²) in [6.07, 6.45) is 8.00. The number of aliphatic hydroxyl groups excluding tert-OH is 2. The summed E-state index contributed by atoms with van der Waals surface area (Å²) in [5.74, 6) is -1.91. The Bertz CT molecular complexity index is 3050. The molecule has 0 spiro atoms. The molecule has 14 heteroatoms. The summed E-state index contributed by atoms with van der Waals surface area (Å²) in [7, 11) is 0. The number of benzene rings is 6. The van der Waals surface area contributed by atoms with Crippen molar-refractivity contribution in [2.45, 2.75) is 75.8 Å². The van der Waals surface area contributed by atoms with Crippen molar-refractivity contribution in [3.63, 3.8) is 0 Å². The van der Waals surface area contributed by atoms with Crippen LogP contribution in [0, 0.1) is 45.0 Å². The third kappa shape index (κ3) is 11.6. The molecule has 2 aliphatic carbocycles. The Morgan fingerprint density at radius 3 is 2.23 bits per heavy atom. The van der Waals surface area contributed by atoms with Crippen molar-refractivity contribution in [1.29, 1.82) is 5.26 Å². The number of non-ortho nitro benzene ring substituents is 1. The van der Waals surface area contributed by atoms with E-state index in [1.165, 1.54) is 24.3 Å². The summed E-state index contributed by atoms with van der Waals surface area (Å²) >= 11 is 0. The van der Waals surface area contributed by atoms with E-state index in [1.807, 2.05) is 60.7 Å². The molecule has 1 fully saturated rings. The summed E-state index contributed by atoms with van der Waals surface area (Å²) in [4.78, 5) is 34.4. The third-order valence-corrected chi connectivity index (χ3v) is 14.6. The number of oxime groups is 1. The van der Waals surface area contributed by atoms with Gasteiger partial charge in [-0.15, -0.1) is 6.58 Å². The number of hydrogen-bond acceptors (Lipinski definition) is 11. The number of carbonyl (C=O) groups excluding carboxylic acids is 1. The van der Waals surface area contributed by atoms with Crippen LogP contribution in [0.25, 0.3) is 11.1 Å². The minimum atomic E-state index is -1.63. The third-order valence-electron chi connectivity index (χ3n) is 14.6. The Kier molecular flexibility index (Phi) is 16.6. The molecule has 0 saturated heterocycles. The largest absolute Gasteiger partial charge is 0.459 e. The van der Waals surface area contributed by atoms with Crippen molar-refractivity contribution in [3.8, 4) is 34.4 Å². The number of ether oxygens (including phenoxy) is 3. The van der Waals surface area contributed by atoms with E-state index in [0.29, 0.717) is 70.9 Å². The number of nitro benzene ring substituents is 1. The van der Waals surface area contributed by atoms with Gasteiger partial charge in [-0.2, -0.15) is 5.26 Å². The van der Waals surface area contributed by atoms with Gasteiger partial charge in [0, 0.05) is 55.4 Å². The first-order chi connectivity index (χ1) is 36.6. The first-order valence-electron chi connectivity index (χ1n) is 25.5. The second-order valence-corrected chi connectivity index (χ2v) is 19.2. The summed E-state index contributed by atoms with van der Waals surface area (Å²) < 4.78 is 35.9. The fraction of sp³-hybridized carbons (Fsp3) is 0.295. The smallest absolute Gasteiger partial charge is 0.269 e. The summed E-state index contributed by atoms with van der Waals surface area (Å²) in [6, 6.07) is 43.4. The maximum Gasteiger partial charge on any atom is 0.269 e. The van der Waals surface area contributed by atoms with Crippen LogP contribution in [0.3, 0.4) is 0 Å². The zero-order chi connectivity index (χ0) is 52.3. The van der Waals surface area contributed by atoms with E-state index in [-0.39, 0.29) is 62.8 Å². The molecule has 6 aromatic carbocycles. The van der Waals surface area contributed by atoms with E-state index in [4.69, 9.17) is 24.2 Å². The Balaban J connectivity index is 1.23. The van der Waals surface area contributed by atoms with Crippen LogP contribution in [0.5, 0.6) is 17.2 Å². The Hall–Kier alpha value is -7.96. The fourth-order valence-electron chi connectivity index (χ4n) is 11.1. The molecule has 75 heavy (non-hydrogen) atoms. The number of rotatable bonds is 22. The van der Waals surface area contributed by atoms with Crippen LogP contribution in [0.15, 0.2) is 175 Å². The number of unbranched alkanes of at least 4 members (excludes halogenated alkanes) is 2. The summed E-state index contributed by atoms with van der Waals surface area (Å²) in [5, 5.41) is 46.3. The van der Waals surface area contributed by atoms with E-state index in [2.05, 4.69) is 30.9 Å². The standard InChI is InChI=1S/C61H59FN4O9/c1-2-34-72-61-57(65(39-42-16-24-48(62)25-17-42)60(69)46-20-14-41(38-63)15-21-46)37-55(64-73-40-43-18-26-49(27-19-43)66(70)71)53-35-47(12-6-8-32-67)52(13-7-9-33-68)58(59(53)61)54-36-51(30-31-56(54)75-61)74-50-28-22-45(23-29-50)44-10-4-3-5-11-44/h2-5,10-11,14-31,35-36,47,52,57-59,67-68H,1,6-9,12-13,32-34,37,39-40H2/t47-,52+,57-,58+,59+,61+/m0/s1. The zero-order valence-electron chi connectivity index (χ0n) is 41.5. The minimum absolute atomic E-state index is 0.00782. The van der Waals surface area contributed by atoms with Crippen molar-refractivity contribution >= 4 is 17.3 Å². The van der Waals surface area contributed by atoms with Gasteiger partial charge in [0.2, 0.25) is 5.79 Å². The molecule has 1 saturated carbocycles. The average Bonchev–Trinajstić information content (AvgIpc) is 3.45. The van der Waals surface area contributed by atoms with Crippen molar-refractivity contribution < 1.29 is 43.4 Å². The normalized spacial score (nSPS) is 20.9. The fourth-order valence-corrected chi connectivity index (χ4v) is 11.1. The summed E-state index contributed by atoms with van der Waals surface area (Å²) in [5.41, 5.74) is 6.21. The maximum absolute atomic E-state index is 15.5. The lowest BCUT2D eigenvalue weighted by Gasteiger charge is -2.60. The first-order valence-corrected chi connectivity index (χ1v) is 25.5. The van der Waals surface area contributed by atoms with E-state index < -0.39 is 34.4 Å². The number of aliphatic hydroxyl groups is 2. The Morgan fingerprint density at radius 2 is 1.55 bits per heavy atom. The van der Waals surface area contributed by atoms with Crippen molar-refractivity contribution in [2.24, 2.45) is 22.9 Å². The molecule has 384 valence electrons. The van der Waals surface area contributed by atoms with Gasteiger partial charge in [-0.25, -0.2) is 4.39 Å². The van der Waals surface area contributed by atoms with E-state index in [0.717, 1.165) is 35.1 Å². The van der Waals surface area contributed by atoms with Crippen LogP contribution >= 0.6 is 0 Å². The predicted octanol–water partition coefficient (Wildman–Crippen LogP) is 12.2. The van der Waals surface area contributed by atoms with Crippen LogP contribution < -0.4 is 9.47 Å². The van der Waals surface area contributed by atoms with Crippen molar-refractivity contribution in [3.05, 3.63) is 214 Å². The number of nitro groups is 1. The molecular formula is C61H59FN4O9. The van der Waals surface area contributed by atoms with Gasteiger partial charge in [-0.05, 0) is 144 Å². The van der Waals surface area contributed by atoms with Crippen LogP contribution in [-0.2, 0) is 22.7 Å². The van der Waals surface area contributed by atoms with Crippen molar-refractivity contribution in [1.82, 2.24) is 4.90 Å². The molecule has 0 bridgehead atoms. The maximum atomic E-state index is 15.5. The minimum Gasteiger partial charge on any atom is -0.459 e. The van der Waals surface area contributed by atoms with Gasteiger partial charge >= 0.3 is 0 Å². The Labute approximate surface area is 435 Å². The highest BCUT2D eigenvalue weighted by Crippen LogP contribution is 2.62. The molecule has 6 atom stereocenters. The van der Waals surface area contributed by atoms with Crippen LogP contribution in [-0.4, -0.2) is 63.3 Å².